The molecule has 1 aromatic heterocycles. The van der Waals surface area contributed by atoms with Crippen LogP contribution in [0, 0.1) is 17.5 Å². The lowest BCUT2D eigenvalue weighted by Crippen LogP contribution is -2.63. The number of carbonyl (C=O) groups is 1. The monoisotopic (exact) mass is 672 g/mol. The van der Waals surface area contributed by atoms with Crippen LogP contribution in [-0.2, 0) is 14.9 Å². The van der Waals surface area contributed by atoms with E-state index in [-0.39, 0.29) is 0 Å². The van der Waals surface area contributed by atoms with E-state index in [4.69, 9.17) is 4.74 Å². The standard InChI is InChI=1S/C36H47F3N4O5/c1-42(34-33(46)31(32(45)30(23-44)48-34)43-22-29(40-41-43)24-14-13-15-26(37)20-24)35(47)36(25-16-17-27(38)28(39)21-25)18-11-9-7-5-3-2-4-6-8-10-12-19-36/h13-17,20-22,30-34,44-46H,2-12,18-19,23H2,1H3/t30-,31+,32+,33-,34-/m1/s1. The highest BCUT2D eigenvalue weighted by atomic mass is 19.2. The van der Waals surface area contributed by atoms with Crippen molar-refractivity contribution in [2.75, 3.05) is 13.7 Å². The van der Waals surface area contributed by atoms with Crippen LogP contribution < -0.4 is 0 Å². The Morgan fingerprint density at radius 1 is 0.896 bits per heavy atom. The molecule has 2 heterocycles. The molecule has 1 amide bonds. The summed E-state index contributed by atoms with van der Waals surface area (Å²) >= 11 is 0. The molecule has 3 N–H and O–H groups in total. The first-order chi connectivity index (χ1) is 23.2. The molecule has 2 fully saturated rings. The lowest BCUT2D eigenvalue weighted by atomic mass is 9.71. The number of aliphatic hydroxyl groups excluding tert-OH is 3. The smallest absolute Gasteiger partial charge is 0.235 e. The van der Waals surface area contributed by atoms with Crippen LogP contribution in [0.15, 0.2) is 48.7 Å². The first-order valence-corrected chi connectivity index (χ1v) is 17.2. The maximum Gasteiger partial charge on any atom is 0.235 e. The van der Waals surface area contributed by atoms with Crippen molar-refractivity contribution in [3.05, 3.63) is 71.7 Å². The Labute approximate surface area is 279 Å². The van der Waals surface area contributed by atoms with Crippen LogP contribution in [0.25, 0.3) is 11.3 Å². The number of aliphatic hydroxyl groups is 3. The summed E-state index contributed by atoms with van der Waals surface area (Å²) in [5.41, 5.74) is -0.155. The predicted octanol–water partition coefficient (Wildman–Crippen LogP) is 5.82. The maximum atomic E-state index is 14.9. The molecule has 2 aromatic carbocycles. The van der Waals surface area contributed by atoms with Crippen LogP contribution in [0.1, 0.15) is 95.1 Å². The minimum absolute atomic E-state index is 0.291. The fraction of sp³-hybridized carbons (Fsp3) is 0.583. The lowest BCUT2D eigenvalue weighted by molar-refractivity contribution is -0.243. The van der Waals surface area contributed by atoms with Gasteiger partial charge in [-0.25, -0.2) is 17.9 Å². The molecule has 0 unspecified atom stereocenters. The number of carbonyl (C=O) groups excluding carboxylic acids is 1. The molecule has 1 saturated heterocycles. The van der Waals surface area contributed by atoms with Crippen molar-refractivity contribution in [3.8, 4) is 11.3 Å². The molecule has 5 atom stereocenters. The van der Waals surface area contributed by atoms with Crippen LogP contribution in [0.2, 0.25) is 0 Å². The molecule has 1 aliphatic carbocycles. The molecule has 2 aliphatic rings. The predicted molar refractivity (Wildman–Crippen MR) is 173 cm³/mol. The van der Waals surface area contributed by atoms with Gasteiger partial charge in [-0.2, -0.15) is 0 Å². The van der Waals surface area contributed by atoms with Gasteiger partial charge in [-0.3, -0.25) is 4.79 Å². The fourth-order valence-electron chi connectivity index (χ4n) is 7.36. The third-order valence-corrected chi connectivity index (χ3v) is 10.1. The molecule has 12 heteroatoms. The Morgan fingerprint density at radius 2 is 1.52 bits per heavy atom. The van der Waals surface area contributed by atoms with Crippen molar-refractivity contribution in [2.24, 2.45) is 0 Å². The van der Waals surface area contributed by atoms with Gasteiger partial charge in [0.05, 0.1) is 18.2 Å². The minimum Gasteiger partial charge on any atom is -0.394 e. The van der Waals surface area contributed by atoms with Gasteiger partial charge in [0.15, 0.2) is 17.9 Å². The summed E-state index contributed by atoms with van der Waals surface area (Å²) in [7, 11) is 1.48. The number of halogens is 3. The molecular weight excluding hydrogens is 625 g/mol. The van der Waals surface area contributed by atoms with Gasteiger partial charge in [-0.05, 0) is 42.7 Å². The molecule has 9 nitrogen and oxygen atoms in total. The van der Waals surface area contributed by atoms with Crippen molar-refractivity contribution in [2.45, 2.75) is 119 Å². The first-order valence-electron chi connectivity index (χ1n) is 17.2. The Balaban J connectivity index is 1.48. The van der Waals surface area contributed by atoms with E-state index in [1.54, 1.807) is 6.07 Å². The number of likely N-dealkylation sites (N-methyl/N-ethyl adjacent to an activating group) is 1. The van der Waals surface area contributed by atoms with E-state index >= 15 is 0 Å². The van der Waals surface area contributed by atoms with E-state index < -0.39 is 66.0 Å². The molecule has 3 aromatic rings. The molecule has 1 saturated carbocycles. The zero-order valence-corrected chi connectivity index (χ0v) is 27.5. The van der Waals surface area contributed by atoms with Gasteiger partial charge < -0.3 is 25.0 Å². The van der Waals surface area contributed by atoms with Crippen molar-refractivity contribution in [1.82, 2.24) is 19.9 Å². The lowest BCUT2D eigenvalue weighted by Gasteiger charge is -2.47. The van der Waals surface area contributed by atoms with Gasteiger partial charge in [0.1, 0.15) is 35.9 Å². The number of ether oxygens (including phenoxy) is 1. The second kappa shape index (κ2) is 16.4. The van der Waals surface area contributed by atoms with Gasteiger partial charge in [0.25, 0.3) is 0 Å². The number of nitrogens with zero attached hydrogens (tertiary/aromatic N) is 4. The van der Waals surface area contributed by atoms with Crippen LogP contribution >= 0.6 is 0 Å². The van der Waals surface area contributed by atoms with Gasteiger partial charge >= 0.3 is 0 Å². The minimum atomic E-state index is -1.54. The van der Waals surface area contributed by atoms with E-state index in [9.17, 15) is 33.3 Å². The Bertz CT molecular complexity index is 1490. The van der Waals surface area contributed by atoms with Gasteiger partial charge in [-0.1, -0.05) is 94.0 Å². The maximum absolute atomic E-state index is 14.9. The van der Waals surface area contributed by atoms with Gasteiger partial charge in [-0.15, -0.1) is 5.10 Å². The summed E-state index contributed by atoms with van der Waals surface area (Å²) in [6.07, 6.45) is 7.61. The molecule has 0 radical (unpaired) electrons. The quantitative estimate of drug-likeness (QED) is 0.302. The van der Waals surface area contributed by atoms with Crippen LogP contribution in [-0.4, -0.2) is 79.3 Å². The van der Waals surface area contributed by atoms with Crippen molar-refractivity contribution < 1.29 is 38.0 Å². The summed E-state index contributed by atoms with van der Waals surface area (Å²) in [5, 5.41) is 41.3. The number of aromatic nitrogens is 3. The summed E-state index contributed by atoms with van der Waals surface area (Å²) in [4.78, 5) is 16.1. The zero-order valence-electron chi connectivity index (χ0n) is 27.5. The van der Waals surface area contributed by atoms with E-state index in [2.05, 4.69) is 10.3 Å². The summed E-state index contributed by atoms with van der Waals surface area (Å²) < 4.78 is 50.1. The van der Waals surface area contributed by atoms with Crippen molar-refractivity contribution in [1.29, 1.82) is 0 Å². The number of rotatable bonds is 6. The summed E-state index contributed by atoms with van der Waals surface area (Å²) in [6.45, 7) is -0.622. The average Bonchev–Trinajstić information content (AvgIpc) is 3.56. The fourth-order valence-corrected chi connectivity index (χ4v) is 7.36. The molecular formula is C36H47F3N4O5. The number of benzene rings is 2. The SMILES string of the molecule is CN(C(=O)C1(c2ccc(F)c(F)c2)CCCCCCCCCCCCC1)[C@@H]1O[C@H](CO)[C@H](O)[C@H](n2cc(-c3cccc(F)c3)nn2)[C@H]1O. The van der Waals surface area contributed by atoms with E-state index in [1.165, 1.54) is 66.4 Å². The van der Waals surface area contributed by atoms with Gasteiger partial charge in [0, 0.05) is 12.6 Å². The third kappa shape index (κ3) is 7.93. The Hall–Kier alpha value is -3.32. The number of hydrogen-bond acceptors (Lipinski definition) is 7. The van der Waals surface area contributed by atoms with Gasteiger partial charge in [0.2, 0.25) is 5.91 Å². The Morgan fingerprint density at radius 3 is 2.10 bits per heavy atom. The highest BCUT2D eigenvalue weighted by Gasteiger charge is 2.51. The van der Waals surface area contributed by atoms with Crippen LogP contribution in [0.5, 0.6) is 0 Å². The Kier molecular flexibility index (Phi) is 12.3. The highest BCUT2D eigenvalue weighted by Crippen LogP contribution is 2.41. The van der Waals surface area contributed by atoms with Crippen LogP contribution in [0.3, 0.4) is 0 Å². The molecule has 262 valence electrons. The third-order valence-electron chi connectivity index (χ3n) is 10.1. The normalized spacial score (nSPS) is 26.0. The second-order valence-electron chi connectivity index (χ2n) is 13.3. The largest absolute Gasteiger partial charge is 0.394 e. The second-order valence-corrected chi connectivity index (χ2v) is 13.3. The van der Waals surface area contributed by atoms with Crippen molar-refractivity contribution >= 4 is 5.91 Å². The average molecular weight is 673 g/mol. The number of hydrogen-bond donors (Lipinski definition) is 3. The van der Waals surface area contributed by atoms with Crippen molar-refractivity contribution in [3.63, 3.8) is 0 Å². The van der Waals surface area contributed by atoms with E-state index in [1.807, 2.05) is 0 Å². The van der Waals surface area contributed by atoms with E-state index in [0.717, 1.165) is 50.7 Å². The van der Waals surface area contributed by atoms with E-state index in [0.29, 0.717) is 42.5 Å². The summed E-state index contributed by atoms with van der Waals surface area (Å²) in [5.74, 6) is -2.95. The zero-order chi connectivity index (χ0) is 34.3. The topological polar surface area (TPSA) is 121 Å². The molecule has 0 bridgehead atoms. The number of amides is 1. The molecule has 0 spiro atoms. The summed E-state index contributed by atoms with van der Waals surface area (Å²) in [6, 6.07) is 8.16. The first kappa shape index (κ1) is 36.0. The molecule has 1 aliphatic heterocycles. The van der Waals surface area contributed by atoms with Crippen LogP contribution in [0.4, 0.5) is 13.2 Å². The molecule has 5 rings (SSSR count). The highest BCUT2D eigenvalue weighted by molar-refractivity contribution is 5.88. The molecule has 48 heavy (non-hydrogen) atoms.